The van der Waals surface area contributed by atoms with Crippen LogP contribution in [0.15, 0.2) is 22.7 Å². The molecule has 0 fully saturated rings. The van der Waals surface area contributed by atoms with Crippen LogP contribution in [0, 0.1) is 5.82 Å². The first-order valence-corrected chi connectivity index (χ1v) is 6.99. The van der Waals surface area contributed by atoms with Crippen molar-refractivity contribution in [3.63, 3.8) is 0 Å². The van der Waals surface area contributed by atoms with Gasteiger partial charge in [0.15, 0.2) is 0 Å². The molecule has 1 aromatic rings. The minimum atomic E-state index is -1.38. The molecule has 0 aliphatic carbocycles. The maximum Gasteiger partial charge on any atom is 0.235 e. The van der Waals surface area contributed by atoms with E-state index in [1.807, 2.05) is 0 Å². The van der Waals surface area contributed by atoms with E-state index in [9.17, 15) is 14.3 Å². The van der Waals surface area contributed by atoms with Crippen molar-refractivity contribution in [1.82, 2.24) is 5.32 Å². The quantitative estimate of drug-likeness (QED) is 0.819. The number of alkyl halides is 1. The molecular weight excluding hydrogens is 337 g/mol. The molecule has 2 N–H and O–H groups in total. The molecule has 6 heteroatoms. The van der Waals surface area contributed by atoms with Crippen molar-refractivity contribution >= 4 is 33.4 Å². The predicted molar refractivity (Wildman–Crippen MR) is 76.6 cm³/mol. The summed E-state index contributed by atoms with van der Waals surface area (Å²) in [6.07, 6.45) is 0. The van der Waals surface area contributed by atoms with Crippen molar-refractivity contribution in [2.75, 3.05) is 5.88 Å². The van der Waals surface area contributed by atoms with Gasteiger partial charge in [0.2, 0.25) is 5.91 Å². The molecule has 0 saturated heterocycles. The molecule has 0 aromatic heterocycles. The Hall–Kier alpha value is -0.650. The van der Waals surface area contributed by atoms with Crippen LogP contribution in [0.5, 0.6) is 0 Å². The highest BCUT2D eigenvalue weighted by atomic mass is 79.9. The maximum absolute atomic E-state index is 14.0. The molecule has 1 rings (SSSR count). The lowest BCUT2D eigenvalue weighted by atomic mass is 9.77. The van der Waals surface area contributed by atoms with Crippen LogP contribution in [0.3, 0.4) is 0 Å². The van der Waals surface area contributed by atoms with Crippen LogP contribution < -0.4 is 5.32 Å². The summed E-state index contributed by atoms with van der Waals surface area (Å²) in [5.41, 5.74) is -2.49. The minimum absolute atomic E-state index is 0.188. The van der Waals surface area contributed by atoms with E-state index in [1.54, 1.807) is 13.0 Å². The molecule has 0 saturated carbocycles. The van der Waals surface area contributed by atoms with Gasteiger partial charge in [0, 0.05) is 10.0 Å². The molecule has 3 nitrogen and oxygen atoms in total. The highest BCUT2D eigenvalue weighted by molar-refractivity contribution is 9.10. The fourth-order valence-electron chi connectivity index (χ4n) is 1.74. The Balaban J connectivity index is 3.39. The van der Waals surface area contributed by atoms with Gasteiger partial charge in [0.05, 0.1) is 11.1 Å². The van der Waals surface area contributed by atoms with Crippen LogP contribution in [0.25, 0.3) is 0 Å². The number of hydrogen-bond acceptors (Lipinski definition) is 2. The standard InChI is InChI=1S/C13H16BrClFNO2/c1-12(2,19)13(3,17-11(18)7-15)9-6-8(14)4-5-10(9)16/h4-6,19H,7H2,1-3H3,(H,17,18). The lowest BCUT2D eigenvalue weighted by Crippen LogP contribution is -2.58. The second kappa shape index (κ2) is 5.77. The Bertz CT molecular complexity index is 490. The summed E-state index contributed by atoms with van der Waals surface area (Å²) in [6.45, 7) is 4.56. The van der Waals surface area contributed by atoms with E-state index in [1.165, 1.54) is 26.0 Å². The van der Waals surface area contributed by atoms with E-state index in [0.29, 0.717) is 4.47 Å². The normalized spacial score (nSPS) is 14.9. The first kappa shape index (κ1) is 16.4. The highest BCUT2D eigenvalue weighted by Gasteiger charge is 2.44. The first-order chi connectivity index (χ1) is 8.61. The van der Waals surface area contributed by atoms with Crippen LogP contribution >= 0.6 is 27.5 Å². The largest absolute Gasteiger partial charge is 0.388 e. The number of aliphatic hydroxyl groups is 1. The van der Waals surface area contributed by atoms with Gasteiger partial charge in [-0.1, -0.05) is 15.9 Å². The number of benzene rings is 1. The van der Waals surface area contributed by atoms with Crippen molar-refractivity contribution in [2.24, 2.45) is 0 Å². The molecule has 106 valence electrons. The number of carbonyl (C=O) groups is 1. The Morgan fingerprint density at radius 3 is 2.53 bits per heavy atom. The molecule has 1 atom stereocenters. The average molecular weight is 353 g/mol. The Morgan fingerprint density at radius 2 is 2.05 bits per heavy atom. The zero-order chi connectivity index (χ0) is 14.8. The molecule has 1 amide bonds. The molecule has 19 heavy (non-hydrogen) atoms. The van der Waals surface area contributed by atoms with Gasteiger partial charge in [-0.15, -0.1) is 11.6 Å². The number of carbonyl (C=O) groups excluding carboxylic acids is 1. The summed E-state index contributed by atoms with van der Waals surface area (Å²) < 4.78 is 14.7. The first-order valence-electron chi connectivity index (χ1n) is 5.66. The third-order valence-corrected chi connectivity index (χ3v) is 3.94. The molecule has 0 aliphatic rings. The zero-order valence-electron chi connectivity index (χ0n) is 10.9. The van der Waals surface area contributed by atoms with Gasteiger partial charge in [-0.3, -0.25) is 4.79 Å². The van der Waals surface area contributed by atoms with Gasteiger partial charge < -0.3 is 10.4 Å². The lowest BCUT2D eigenvalue weighted by molar-refractivity contribution is -0.124. The second-order valence-corrected chi connectivity index (χ2v) is 6.17. The van der Waals surface area contributed by atoms with Gasteiger partial charge in [-0.2, -0.15) is 0 Å². The van der Waals surface area contributed by atoms with Gasteiger partial charge in [-0.05, 0) is 39.0 Å². The third kappa shape index (κ3) is 3.46. The molecule has 0 radical (unpaired) electrons. The van der Waals surface area contributed by atoms with Gasteiger partial charge in [0.1, 0.15) is 11.7 Å². The monoisotopic (exact) mass is 351 g/mol. The van der Waals surface area contributed by atoms with E-state index in [2.05, 4.69) is 21.2 Å². The summed E-state index contributed by atoms with van der Waals surface area (Å²) >= 11 is 8.72. The summed E-state index contributed by atoms with van der Waals surface area (Å²) in [6, 6.07) is 4.35. The highest BCUT2D eigenvalue weighted by Crippen LogP contribution is 2.35. The minimum Gasteiger partial charge on any atom is -0.388 e. The van der Waals surface area contributed by atoms with E-state index in [0.717, 1.165) is 0 Å². The maximum atomic E-state index is 14.0. The van der Waals surface area contributed by atoms with Crippen LogP contribution in [0.4, 0.5) is 4.39 Å². The summed E-state index contributed by atoms with van der Waals surface area (Å²) in [4.78, 5) is 11.6. The van der Waals surface area contributed by atoms with Crippen molar-refractivity contribution in [3.8, 4) is 0 Å². The predicted octanol–water partition coefficient (Wildman–Crippen LogP) is 2.93. The number of rotatable bonds is 4. The van der Waals surface area contributed by atoms with E-state index >= 15 is 0 Å². The van der Waals surface area contributed by atoms with Crippen molar-refractivity contribution < 1.29 is 14.3 Å². The summed E-state index contributed by atoms with van der Waals surface area (Å²) in [7, 11) is 0. The van der Waals surface area contributed by atoms with Gasteiger partial charge in [-0.25, -0.2) is 4.39 Å². The Kier molecular flexibility index (Phi) is 4.98. The van der Waals surface area contributed by atoms with Crippen LogP contribution in [0.1, 0.15) is 26.3 Å². The lowest BCUT2D eigenvalue weighted by Gasteiger charge is -2.41. The second-order valence-electron chi connectivity index (χ2n) is 4.99. The molecule has 0 bridgehead atoms. The fourth-order valence-corrected chi connectivity index (χ4v) is 2.17. The zero-order valence-corrected chi connectivity index (χ0v) is 13.3. The van der Waals surface area contributed by atoms with Gasteiger partial charge >= 0.3 is 0 Å². The molecular formula is C13H16BrClFNO2. The number of hydrogen-bond donors (Lipinski definition) is 2. The summed E-state index contributed by atoms with van der Waals surface area (Å²) in [5.74, 6) is -1.25. The topological polar surface area (TPSA) is 49.3 Å². The molecule has 0 heterocycles. The molecule has 1 unspecified atom stereocenters. The van der Waals surface area contributed by atoms with Crippen molar-refractivity contribution in [3.05, 3.63) is 34.1 Å². The average Bonchev–Trinajstić information content (AvgIpc) is 2.30. The number of amides is 1. The summed E-state index contributed by atoms with van der Waals surface area (Å²) in [5, 5.41) is 12.9. The Morgan fingerprint density at radius 1 is 1.47 bits per heavy atom. The van der Waals surface area contributed by atoms with Crippen LogP contribution in [-0.2, 0) is 10.3 Å². The molecule has 0 aliphatic heterocycles. The molecule has 1 aromatic carbocycles. The SMILES string of the molecule is CC(C)(O)C(C)(NC(=O)CCl)c1cc(Br)ccc1F. The van der Waals surface area contributed by atoms with Gasteiger partial charge in [0.25, 0.3) is 0 Å². The number of nitrogens with one attached hydrogen (secondary N) is 1. The van der Waals surface area contributed by atoms with E-state index < -0.39 is 22.9 Å². The van der Waals surface area contributed by atoms with Crippen LogP contribution in [-0.4, -0.2) is 22.5 Å². The smallest absolute Gasteiger partial charge is 0.235 e. The fraction of sp³-hybridized carbons (Fsp3) is 0.462. The van der Waals surface area contributed by atoms with Crippen LogP contribution in [0.2, 0.25) is 0 Å². The van der Waals surface area contributed by atoms with Crippen molar-refractivity contribution in [1.29, 1.82) is 0 Å². The van der Waals surface area contributed by atoms with E-state index in [-0.39, 0.29) is 11.4 Å². The van der Waals surface area contributed by atoms with E-state index in [4.69, 9.17) is 11.6 Å². The number of halogens is 3. The van der Waals surface area contributed by atoms with Crippen molar-refractivity contribution in [2.45, 2.75) is 31.9 Å². The Labute approximate surface area is 125 Å². The molecule has 0 spiro atoms. The third-order valence-electron chi connectivity index (χ3n) is 3.20.